The molecule has 0 saturated carbocycles. The normalized spacial score (nSPS) is 35.2. The number of hydrogen-bond donors (Lipinski definition) is 1. The summed E-state index contributed by atoms with van der Waals surface area (Å²) in [5.41, 5.74) is 1.47. The van der Waals surface area contributed by atoms with E-state index in [1.807, 2.05) is 37.3 Å². The molecule has 3 heterocycles. The van der Waals surface area contributed by atoms with Gasteiger partial charge in [0.1, 0.15) is 11.5 Å². The van der Waals surface area contributed by atoms with Crippen LogP contribution in [0.2, 0.25) is 0 Å². The molecule has 1 N–H and O–H groups in total. The van der Waals surface area contributed by atoms with E-state index in [2.05, 4.69) is 0 Å². The van der Waals surface area contributed by atoms with Gasteiger partial charge in [0.05, 0.1) is 18.6 Å². The second-order valence-corrected chi connectivity index (χ2v) is 6.42. The third-order valence-electron chi connectivity index (χ3n) is 4.96. The zero-order valence-electron chi connectivity index (χ0n) is 12.2. The van der Waals surface area contributed by atoms with Crippen LogP contribution >= 0.6 is 0 Å². The smallest absolute Gasteiger partial charge is 0.310 e. The Morgan fingerprint density at radius 2 is 2.14 bits per heavy atom. The Hall–Kier alpha value is -2.14. The Morgan fingerprint density at radius 1 is 1.41 bits per heavy atom. The first kappa shape index (κ1) is 13.5. The largest absolute Gasteiger partial charge is 0.481 e. The molecule has 5 heteroatoms. The van der Waals surface area contributed by atoms with Crippen molar-refractivity contribution in [3.8, 4) is 0 Å². The molecule has 2 saturated heterocycles. The molecule has 3 aliphatic rings. The van der Waals surface area contributed by atoms with E-state index in [4.69, 9.17) is 4.74 Å². The molecular weight excluding hydrogens is 282 g/mol. The van der Waals surface area contributed by atoms with Crippen molar-refractivity contribution in [1.82, 2.24) is 4.90 Å². The molecule has 1 aromatic carbocycles. The minimum atomic E-state index is -0.952. The number of likely N-dealkylation sites (tertiary alicyclic amines) is 1. The SMILES string of the molecule is Cc1ccc(CN2C[C@@]34C=C[C@@H](O3)[C@@H](C(=O)O)[C@@H]4C2=O)cc1. The fourth-order valence-corrected chi connectivity index (χ4v) is 3.91. The van der Waals surface area contributed by atoms with Gasteiger partial charge in [-0.25, -0.2) is 0 Å². The predicted molar refractivity (Wildman–Crippen MR) is 78.0 cm³/mol. The highest BCUT2D eigenvalue weighted by Crippen LogP contribution is 2.52. The van der Waals surface area contributed by atoms with Crippen molar-refractivity contribution in [2.45, 2.75) is 25.2 Å². The molecule has 0 radical (unpaired) electrons. The number of hydrogen-bond acceptors (Lipinski definition) is 3. The number of benzene rings is 1. The lowest BCUT2D eigenvalue weighted by molar-refractivity contribution is -0.148. The third kappa shape index (κ3) is 1.75. The lowest BCUT2D eigenvalue weighted by Crippen LogP contribution is -2.39. The second-order valence-electron chi connectivity index (χ2n) is 6.42. The summed E-state index contributed by atoms with van der Waals surface area (Å²) in [7, 11) is 0. The maximum atomic E-state index is 12.7. The van der Waals surface area contributed by atoms with Gasteiger partial charge in [-0.05, 0) is 12.5 Å². The summed E-state index contributed by atoms with van der Waals surface area (Å²) in [4.78, 5) is 25.9. The molecule has 1 amide bonds. The molecule has 4 rings (SSSR count). The highest BCUT2D eigenvalue weighted by molar-refractivity contribution is 5.90. The number of ether oxygens (including phenoxy) is 1. The summed E-state index contributed by atoms with van der Waals surface area (Å²) in [5, 5.41) is 9.42. The van der Waals surface area contributed by atoms with Gasteiger partial charge in [-0.3, -0.25) is 9.59 Å². The Balaban J connectivity index is 1.61. The molecule has 5 nitrogen and oxygen atoms in total. The van der Waals surface area contributed by atoms with Crippen LogP contribution in [0.1, 0.15) is 11.1 Å². The number of carbonyl (C=O) groups excluding carboxylic acids is 1. The molecule has 4 atom stereocenters. The zero-order chi connectivity index (χ0) is 15.5. The highest BCUT2D eigenvalue weighted by Gasteiger charge is 2.66. The number of carboxylic acids is 1. The number of rotatable bonds is 3. The summed E-state index contributed by atoms with van der Waals surface area (Å²) in [6, 6.07) is 8.02. The molecule has 2 fully saturated rings. The topological polar surface area (TPSA) is 66.8 Å². The summed E-state index contributed by atoms with van der Waals surface area (Å²) in [6.07, 6.45) is 3.21. The molecule has 0 aliphatic carbocycles. The van der Waals surface area contributed by atoms with E-state index in [0.717, 1.165) is 5.56 Å². The summed E-state index contributed by atoms with van der Waals surface area (Å²) < 4.78 is 5.86. The maximum Gasteiger partial charge on any atom is 0.310 e. The van der Waals surface area contributed by atoms with Crippen molar-refractivity contribution < 1.29 is 19.4 Å². The molecule has 22 heavy (non-hydrogen) atoms. The molecule has 3 aliphatic heterocycles. The monoisotopic (exact) mass is 299 g/mol. The molecule has 0 unspecified atom stereocenters. The fraction of sp³-hybridized carbons (Fsp3) is 0.412. The third-order valence-corrected chi connectivity index (χ3v) is 4.96. The molecular formula is C17H17NO4. The van der Waals surface area contributed by atoms with Gasteiger partial charge >= 0.3 is 5.97 Å². The number of amides is 1. The summed E-state index contributed by atoms with van der Waals surface area (Å²) in [6.45, 7) is 2.94. The van der Waals surface area contributed by atoms with Gasteiger partial charge in [0, 0.05) is 6.54 Å². The lowest BCUT2D eigenvalue weighted by Gasteiger charge is -2.21. The van der Waals surface area contributed by atoms with Crippen LogP contribution in [0, 0.1) is 18.8 Å². The maximum absolute atomic E-state index is 12.7. The Labute approximate surface area is 128 Å². The van der Waals surface area contributed by atoms with Gasteiger partial charge in [0.25, 0.3) is 0 Å². The Bertz CT molecular complexity index is 680. The van der Waals surface area contributed by atoms with Crippen molar-refractivity contribution in [3.05, 3.63) is 47.5 Å². The average molecular weight is 299 g/mol. The van der Waals surface area contributed by atoms with Crippen molar-refractivity contribution in [1.29, 1.82) is 0 Å². The number of carbonyl (C=O) groups is 2. The van der Waals surface area contributed by atoms with Crippen LogP contribution in [-0.4, -0.2) is 40.1 Å². The van der Waals surface area contributed by atoms with E-state index in [1.165, 1.54) is 5.56 Å². The van der Waals surface area contributed by atoms with Crippen LogP contribution in [0.3, 0.4) is 0 Å². The minimum Gasteiger partial charge on any atom is -0.481 e. The molecule has 0 aromatic heterocycles. The van der Waals surface area contributed by atoms with Gasteiger partial charge in [-0.2, -0.15) is 0 Å². The first-order valence-electron chi connectivity index (χ1n) is 7.44. The van der Waals surface area contributed by atoms with Crippen LogP contribution < -0.4 is 0 Å². The zero-order valence-corrected chi connectivity index (χ0v) is 12.2. The van der Waals surface area contributed by atoms with Gasteiger partial charge in [-0.15, -0.1) is 0 Å². The molecule has 114 valence electrons. The minimum absolute atomic E-state index is 0.111. The van der Waals surface area contributed by atoms with E-state index >= 15 is 0 Å². The molecule has 1 spiro atoms. The van der Waals surface area contributed by atoms with E-state index in [0.29, 0.717) is 13.1 Å². The predicted octanol–water partition coefficient (Wildman–Crippen LogP) is 1.36. The van der Waals surface area contributed by atoms with Crippen molar-refractivity contribution in [2.24, 2.45) is 11.8 Å². The standard InChI is InChI=1S/C17H17NO4/c1-10-2-4-11(5-3-10)8-18-9-17-7-6-12(22-17)13(16(20)21)14(17)15(18)19/h2-7,12-14H,8-9H2,1H3,(H,20,21)/t12-,13-,14-,17-/m1/s1. The average Bonchev–Trinajstić information content (AvgIpc) is 3.10. The van der Waals surface area contributed by atoms with E-state index in [-0.39, 0.29) is 5.91 Å². The quantitative estimate of drug-likeness (QED) is 0.856. The molecule has 2 bridgehead atoms. The van der Waals surface area contributed by atoms with Crippen LogP contribution in [0.25, 0.3) is 0 Å². The van der Waals surface area contributed by atoms with Crippen LogP contribution in [0.15, 0.2) is 36.4 Å². The van der Waals surface area contributed by atoms with Crippen LogP contribution in [0.5, 0.6) is 0 Å². The van der Waals surface area contributed by atoms with Crippen molar-refractivity contribution >= 4 is 11.9 Å². The van der Waals surface area contributed by atoms with Crippen molar-refractivity contribution in [2.75, 3.05) is 6.54 Å². The number of fused-ring (bicyclic) bond motifs is 1. The van der Waals surface area contributed by atoms with E-state index in [1.54, 1.807) is 11.0 Å². The van der Waals surface area contributed by atoms with E-state index < -0.39 is 29.5 Å². The van der Waals surface area contributed by atoms with Gasteiger partial charge in [0.15, 0.2) is 0 Å². The fourth-order valence-electron chi connectivity index (χ4n) is 3.91. The highest BCUT2D eigenvalue weighted by atomic mass is 16.5. The number of aliphatic carboxylic acids is 1. The molecule has 1 aromatic rings. The van der Waals surface area contributed by atoms with Crippen LogP contribution in [-0.2, 0) is 20.9 Å². The van der Waals surface area contributed by atoms with Gasteiger partial charge in [-0.1, -0.05) is 42.0 Å². The van der Waals surface area contributed by atoms with Gasteiger partial charge < -0.3 is 14.7 Å². The van der Waals surface area contributed by atoms with Gasteiger partial charge in [0.2, 0.25) is 5.91 Å². The summed E-state index contributed by atoms with van der Waals surface area (Å²) in [5.74, 6) is -2.42. The first-order chi connectivity index (χ1) is 10.5. The van der Waals surface area contributed by atoms with Crippen molar-refractivity contribution in [3.63, 3.8) is 0 Å². The Morgan fingerprint density at radius 3 is 2.82 bits per heavy atom. The van der Waals surface area contributed by atoms with Crippen LogP contribution in [0.4, 0.5) is 0 Å². The Kier molecular flexibility index (Phi) is 2.72. The summed E-state index contributed by atoms with van der Waals surface area (Å²) >= 11 is 0. The first-order valence-corrected chi connectivity index (χ1v) is 7.44. The second kappa shape index (κ2) is 4.43. The lowest BCUT2D eigenvalue weighted by atomic mass is 9.77. The number of carboxylic acid groups (broad SMARTS) is 1. The number of nitrogens with zero attached hydrogens (tertiary/aromatic N) is 1. The number of aryl methyl sites for hydroxylation is 1. The van der Waals surface area contributed by atoms with E-state index in [9.17, 15) is 14.7 Å².